The number of aliphatic hydroxyl groups is 1. The van der Waals surface area contributed by atoms with Crippen LogP contribution in [0, 0.1) is 0 Å². The summed E-state index contributed by atoms with van der Waals surface area (Å²) in [7, 11) is 0. The van der Waals surface area contributed by atoms with Crippen molar-refractivity contribution in [3.63, 3.8) is 0 Å². The number of carbonyl (C=O) groups excluding carboxylic acids is 2. The van der Waals surface area contributed by atoms with Crippen molar-refractivity contribution in [3.05, 3.63) is 64.1 Å². The minimum Gasteiger partial charge on any atom is -0.454 e. The summed E-state index contributed by atoms with van der Waals surface area (Å²) in [6.07, 6.45) is 0. The molecule has 2 heterocycles. The van der Waals surface area contributed by atoms with Crippen molar-refractivity contribution in [1.29, 1.82) is 0 Å². The third-order valence-corrected chi connectivity index (χ3v) is 4.63. The fourth-order valence-electron chi connectivity index (χ4n) is 3.13. The molecule has 0 radical (unpaired) electrons. The van der Waals surface area contributed by atoms with Gasteiger partial charge in [0.2, 0.25) is 6.79 Å². The Hall–Kier alpha value is -3.92. The predicted octanol–water partition coefficient (Wildman–Crippen LogP) is 0.591. The molecule has 4 rings (SSSR count). The Bertz CT molecular complexity index is 1210. The smallest absolute Gasteiger partial charge is 0.359 e. The lowest BCUT2D eigenvalue weighted by Crippen LogP contribution is -2.30. The van der Waals surface area contributed by atoms with Crippen molar-refractivity contribution in [1.82, 2.24) is 15.1 Å². The van der Waals surface area contributed by atoms with E-state index in [9.17, 15) is 14.4 Å². The highest BCUT2D eigenvalue weighted by Gasteiger charge is 2.19. The summed E-state index contributed by atoms with van der Waals surface area (Å²) in [6.45, 7) is -0.522. The van der Waals surface area contributed by atoms with Gasteiger partial charge in [0.25, 0.3) is 11.5 Å². The first-order valence-corrected chi connectivity index (χ1v) is 9.50. The van der Waals surface area contributed by atoms with Gasteiger partial charge < -0.3 is 24.6 Å². The number of amides is 1. The zero-order valence-electron chi connectivity index (χ0n) is 16.4. The van der Waals surface area contributed by atoms with E-state index in [0.29, 0.717) is 16.9 Å². The molecule has 0 bridgehead atoms. The van der Waals surface area contributed by atoms with Crippen LogP contribution in [0.2, 0.25) is 0 Å². The van der Waals surface area contributed by atoms with E-state index in [-0.39, 0.29) is 37.6 Å². The summed E-state index contributed by atoms with van der Waals surface area (Å²) < 4.78 is 16.6. The highest BCUT2D eigenvalue weighted by molar-refractivity contribution is 6.02. The maximum absolute atomic E-state index is 12.6. The summed E-state index contributed by atoms with van der Waals surface area (Å²) >= 11 is 0. The largest absolute Gasteiger partial charge is 0.454 e. The molecular weight excluding hydrogens is 406 g/mol. The third kappa shape index (κ3) is 4.33. The number of ether oxygens (including phenoxy) is 3. The number of hydrogen-bond acceptors (Lipinski definition) is 8. The van der Waals surface area contributed by atoms with Gasteiger partial charge in [-0.3, -0.25) is 9.59 Å². The number of benzene rings is 2. The van der Waals surface area contributed by atoms with Gasteiger partial charge in [-0.05, 0) is 23.8 Å². The van der Waals surface area contributed by atoms with Crippen LogP contribution in [0.25, 0.3) is 10.8 Å². The summed E-state index contributed by atoms with van der Waals surface area (Å²) in [6, 6.07) is 11.8. The van der Waals surface area contributed by atoms with Gasteiger partial charge in [-0.15, -0.1) is 0 Å². The van der Waals surface area contributed by atoms with Crippen molar-refractivity contribution in [2.24, 2.45) is 0 Å². The number of carbonyl (C=O) groups is 2. The zero-order valence-corrected chi connectivity index (χ0v) is 16.4. The standard InChI is InChI=1S/C21H19N3O7/c25-8-7-24-20(27)15-4-2-1-3-14(15)19(23-24)21(28)29-11-18(26)22-10-13-5-6-16-17(9-13)31-12-30-16/h1-6,9,25H,7-8,10-12H2,(H,22,26). The topological polar surface area (TPSA) is 129 Å². The quantitative estimate of drug-likeness (QED) is 0.527. The SMILES string of the molecule is O=C(COC(=O)c1nn(CCO)c(=O)c2ccccc12)NCc1ccc2c(c1)OCO2. The minimum atomic E-state index is -0.846. The molecule has 1 amide bonds. The molecule has 0 atom stereocenters. The zero-order chi connectivity index (χ0) is 21.8. The van der Waals surface area contributed by atoms with Gasteiger partial charge in [-0.25, -0.2) is 9.48 Å². The molecule has 1 aliphatic rings. The molecule has 10 heteroatoms. The molecule has 0 saturated heterocycles. The van der Waals surface area contributed by atoms with Crippen LogP contribution < -0.4 is 20.3 Å². The van der Waals surface area contributed by atoms with E-state index >= 15 is 0 Å². The molecule has 0 fully saturated rings. The Morgan fingerprint density at radius 1 is 1.13 bits per heavy atom. The van der Waals surface area contributed by atoms with Gasteiger partial charge >= 0.3 is 5.97 Å². The van der Waals surface area contributed by atoms with Crippen LogP contribution in [0.1, 0.15) is 16.1 Å². The second-order valence-electron chi connectivity index (χ2n) is 6.69. The predicted molar refractivity (Wildman–Crippen MR) is 108 cm³/mol. The van der Waals surface area contributed by atoms with Crippen LogP contribution in [0.4, 0.5) is 0 Å². The van der Waals surface area contributed by atoms with Crippen LogP contribution in [-0.2, 0) is 22.6 Å². The van der Waals surface area contributed by atoms with Crippen LogP contribution in [-0.4, -0.2) is 46.8 Å². The number of hydrogen-bond donors (Lipinski definition) is 2. The van der Waals surface area contributed by atoms with E-state index in [1.165, 1.54) is 0 Å². The van der Waals surface area contributed by atoms with Crippen molar-refractivity contribution in [3.8, 4) is 11.5 Å². The van der Waals surface area contributed by atoms with Gasteiger partial charge in [0.1, 0.15) is 0 Å². The fourth-order valence-corrected chi connectivity index (χ4v) is 3.13. The lowest BCUT2D eigenvalue weighted by Gasteiger charge is -2.10. The molecule has 31 heavy (non-hydrogen) atoms. The summed E-state index contributed by atoms with van der Waals surface area (Å²) in [4.78, 5) is 37.1. The molecule has 0 saturated carbocycles. The number of fused-ring (bicyclic) bond motifs is 2. The summed E-state index contributed by atoms with van der Waals surface area (Å²) in [5.41, 5.74) is 0.266. The molecule has 1 aromatic heterocycles. The Balaban J connectivity index is 1.41. The van der Waals surface area contributed by atoms with Crippen molar-refractivity contribution in [2.45, 2.75) is 13.1 Å². The first kappa shape index (κ1) is 20.4. The molecule has 3 aromatic rings. The van der Waals surface area contributed by atoms with E-state index in [2.05, 4.69) is 10.4 Å². The molecular formula is C21H19N3O7. The van der Waals surface area contributed by atoms with Gasteiger partial charge in [0.05, 0.1) is 18.5 Å². The monoisotopic (exact) mass is 425 g/mol. The van der Waals surface area contributed by atoms with E-state index < -0.39 is 24.0 Å². The number of esters is 1. The molecule has 0 spiro atoms. The Kier molecular flexibility index (Phi) is 5.80. The van der Waals surface area contributed by atoms with E-state index in [1.54, 1.807) is 42.5 Å². The Labute approximate surface area is 176 Å². The second-order valence-corrected chi connectivity index (χ2v) is 6.69. The van der Waals surface area contributed by atoms with Crippen LogP contribution in [0.3, 0.4) is 0 Å². The molecule has 1 aliphatic heterocycles. The van der Waals surface area contributed by atoms with Gasteiger partial charge in [-0.1, -0.05) is 24.3 Å². The lowest BCUT2D eigenvalue weighted by atomic mass is 10.1. The van der Waals surface area contributed by atoms with Gasteiger partial charge in [-0.2, -0.15) is 5.10 Å². The normalized spacial score (nSPS) is 12.0. The van der Waals surface area contributed by atoms with Crippen molar-refractivity contribution < 1.29 is 28.9 Å². The number of rotatable bonds is 7. The van der Waals surface area contributed by atoms with Gasteiger partial charge in [0, 0.05) is 11.9 Å². The van der Waals surface area contributed by atoms with Crippen LogP contribution in [0.5, 0.6) is 11.5 Å². The fraction of sp³-hybridized carbons (Fsp3) is 0.238. The van der Waals surface area contributed by atoms with E-state index in [0.717, 1.165) is 10.2 Å². The minimum absolute atomic E-state index is 0.0695. The molecule has 0 aliphatic carbocycles. The van der Waals surface area contributed by atoms with E-state index in [1.807, 2.05) is 0 Å². The summed E-state index contributed by atoms with van der Waals surface area (Å²) in [5, 5.41) is 16.4. The Morgan fingerprint density at radius 2 is 1.90 bits per heavy atom. The molecule has 10 nitrogen and oxygen atoms in total. The maximum atomic E-state index is 12.6. The number of nitrogens with one attached hydrogen (secondary N) is 1. The molecule has 160 valence electrons. The van der Waals surface area contributed by atoms with E-state index in [4.69, 9.17) is 19.3 Å². The average Bonchev–Trinajstić information content (AvgIpc) is 3.26. The molecule has 0 unspecified atom stereocenters. The molecule has 2 N–H and O–H groups in total. The third-order valence-electron chi connectivity index (χ3n) is 4.63. The van der Waals surface area contributed by atoms with Crippen molar-refractivity contribution in [2.75, 3.05) is 20.0 Å². The second kappa shape index (κ2) is 8.84. The summed E-state index contributed by atoms with van der Waals surface area (Å²) in [5.74, 6) is -0.0967. The number of aromatic nitrogens is 2. The Morgan fingerprint density at radius 3 is 2.71 bits per heavy atom. The lowest BCUT2D eigenvalue weighted by molar-refractivity contribution is -0.124. The van der Waals surface area contributed by atoms with Crippen molar-refractivity contribution >= 4 is 22.6 Å². The van der Waals surface area contributed by atoms with Gasteiger partial charge in [0.15, 0.2) is 23.8 Å². The average molecular weight is 425 g/mol. The highest BCUT2D eigenvalue weighted by atomic mass is 16.7. The highest BCUT2D eigenvalue weighted by Crippen LogP contribution is 2.32. The number of nitrogens with zero attached hydrogens (tertiary/aromatic N) is 2. The number of aliphatic hydroxyl groups excluding tert-OH is 1. The van der Waals surface area contributed by atoms with Crippen LogP contribution >= 0.6 is 0 Å². The molecule has 2 aromatic carbocycles. The first-order chi connectivity index (χ1) is 15.1. The maximum Gasteiger partial charge on any atom is 0.359 e. The van der Waals surface area contributed by atoms with Crippen LogP contribution in [0.15, 0.2) is 47.3 Å². The first-order valence-electron chi connectivity index (χ1n) is 9.50.